The summed E-state index contributed by atoms with van der Waals surface area (Å²) < 4.78 is 0. The van der Waals surface area contributed by atoms with Crippen molar-refractivity contribution in [3.8, 4) is 0 Å². The molecule has 0 atom stereocenters. The summed E-state index contributed by atoms with van der Waals surface area (Å²) in [4.78, 5) is 13.2. The van der Waals surface area contributed by atoms with E-state index >= 15 is 0 Å². The summed E-state index contributed by atoms with van der Waals surface area (Å²) in [5.74, 6) is -0.0384. The van der Waals surface area contributed by atoms with Crippen molar-refractivity contribution in [1.82, 2.24) is 5.32 Å². The van der Waals surface area contributed by atoms with E-state index in [1.165, 1.54) is 30.6 Å². The first-order valence-corrected chi connectivity index (χ1v) is 7.59. The fourth-order valence-corrected chi connectivity index (χ4v) is 3.18. The van der Waals surface area contributed by atoms with Gasteiger partial charge in [0.1, 0.15) is 0 Å². The van der Waals surface area contributed by atoms with Crippen molar-refractivity contribution in [2.75, 3.05) is 12.3 Å². The van der Waals surface area contributed by atoms with Gasteiger partial charge in [-0.15, -0.1) is 11.3 Å². The van der Waals surface area contributed by atoms with E-state index in [0.29, 0.717) is 17.1 Å². The van der Waals surface area contributed by atoms with Gasteiger partial charge in [-0.1, -0.05) is 26.2 Å². The predicted molar refractivity (Wildman–Crippen MR) is 79.3 cm³/mol. The molecule has 0 unspecified atom stereocenters. The van der Waals surface area contributed by atoms with Crippen LogP contribution >= 0.6 is 11.3 Å². The molecule has 102 valence electrons. The molecule has 0 saturated heterocycles. The molecule has 18 heavy (non-hydrogen) atoms. The third kappa shape index (κ3) is 3.73. The summed E-state index contributed by atoms with van der Waals surface area (Å²) in [6, 6.07) is 0. The highest BCUT2D eigenvalue weighted by molar-refractivity contribution is 7.16. The number of nitrogen functional groups attached to an aromatic ring is 1. The molecule has 3 N–H and O–H groups in total. The van der Waals surface area contributed by atoms with Crippen molar-refractivity contribution in [2.24, 2.45) is 0 Å². The van der Waals surface area contributed by atoms with Gasteiger partial charge in [-0.05, 0) is 32.3 Å². The highest BCUT2D eigenvalue weighted by Gasteiger charge is 2.18. The third-order valence-corrected chi connectivity index (χ3v) is 4.28. The highest BCUT2D eigenvalue weighted by Crippen LogP contribution is 2.31. The molecule has 1 heterocycles. The molecule has 4 heteroatoms. The highest BCUT2D eigenvalue weighted by atomic mass is 32.1. The number of amides is 1. The summed E-state index contributed by atoms with van der Waals surface area (Å²) in [5.41, 5.74) is 7.72. The molecule has 0 aliphatic heterocycles. The molecular weight excluding hydrogens is 244 g/mol. The lowest BCUT2D eigenvalue weighted by molar-refractivity contribution is 0.0956. The Bertz CT molecular complexity index is 399. The van der Waals surface area contributed by atoms with E-state index in [2.05, 4.69) is 12.2 Å². The monoisotopic (exact) mass is 268 g/mol. The first kappa shape index (κ1) is 15.0. The smallest absolute Gasteiger partial charge is 0.254 e. The minimum Gasteiger partial charge on any atom is -0.390 e. The number of carbonyl (C=O) groups excluding carboxylic acids is 1. The number of anilines is 1. The molecule has 0 aliphatic rings. The maximum absolute atomic E-state index is 11.9. The lowest BCUT2D eigenvalue weighted by Crippen LogP contribution is -2.23. The van der Waals surface area contributed by atoms with Crippen LogP contribution in [-0.2, 0) is 6.42 Å². The van der Waals surface area contributed by atoms with Crippen LogP contribution in [0.2, 0.25) is 0 Å². The van der Waals surface area contributed by atoms with Gasteiger partial charge in [0.05, 0.1) is 10.6 Å². The van der Waals surface area contributed by atoms with Crippen LogP contribution < -0.4 is 11.1 Å². The van der Waals surface area contributed by atoms with Gasteiger partial charge in [-0.3, -0.25) is 4.79 Å². The zero-order valence-corrected chi connectivity index (χ0v) is 12.5. The predicted octanol–water partition coefficient (Wildman–Crippen LogP) is 3.51. The van der Waals surface area contributed by atoms with E-state index in [9.17, 15) is 4.79 Å². The zero-order valence-electron chi connectivity index (χ0n) is 11.6. The number of carbonyl (C=O) groups is 1. The average molecular weight is 268 g/mol. The number of hydrogen-bond donors (Lipinski definition) is 2. The van der Waals surface area contributed by atoms with E-state index in [0.717, 1.165) is 12.0 Å². The first-order valence-electron chi connectivity index (χ1n) is 6.77. The van der Waals surface area contributed by atoms with Gasteiger partial charge in [0.25, 0.3) is 5.91 Å². The number of nitrogens with two attached hydrogens (primary N) is 1. The Kier molecular flexibility index (Phi) is 6.19. The lowest BCUT2D eigenvalue weighted by atomic mass is 10.1. The Morgan fingerprint density at radius 3 is 2.61 bits per heavy atom. The number of nitrogens with one attached hydrogen (secondary N) is 1. The fraction of sp³-hybridized carbons (Fsp3) is 0.643. The second-order valence-corrected chi connectivity index (χ2v) is 5.70. The normalized spacial score (nSPS) is 10.6. The van der Waals surface area contributed by atoms with Crippen LogP contribution in [-0.4, -0.2) is 12.5 Å². The van der Waals surface area contributed by atoms with Crippen molar-refractivity contribution in [3.63, 3.8) is 0 Å². The lowest BCUT2D eigenvalue weighted by Gasteiger charge is -2.03. The number of unbranched alkanes of at least 4 members (excludes halogenated alkanes) is 3. The molecule has 1 aromatic heterocycles. The van der Waals surface area contributed by atoms with Crippen LogP contribution in [0.3, 0.4) is 0 Å². The molecule has 0 radical (unpaired) electrons. The number of thiophene rings is 1. The molecule has 0 saturated carbocycles. The molecule has 0 bridgehead atoms. The van der Waals surface area contributed by atoms with Crippen LogP contribution in [0.5, 0.6) is 0 Å². The van der Waals surface area contributed by atoms with Crippen molar-refractivity contribution in [2.45, 2.75) is 52.9 Å². The molecule has 0 spiro atoms. The molecule has 1 aromatic rings. The summed E-state index contributed by atoms with van der Waals surface area (Å²) in [5, 5.41) is 3.48. The van der Waals surface area contributed by atoms with Gasteiger partial charge in [0.15, 0.2) is 0 Å². The Labute approximate surface area is 114 Å². The van der Waals surface area contributed by atoms with Crippen LogP contribution in [0, 0.1) is 6.92 Å². The van der Waals surface area contributed by atoms with Crippen LogP contribution in [0.1, 0.15) is 60.3 Å². The van der Waals surface area contributed by atoms with Crippen molar-refractivity contribution >= 4 is 22.2 Å². The minimum absolute atomic E-state index is 0.0384. The van der Waals surface area contributed by atoms with E-state index in [4.69, 9.17) is 5.73 Å². The molecule has 0 fully saturated rings. The molecule has 0 aromatic carbocycles. The Hall–Kier alpha value is -1.03. The molecule has 1 amide bonds. The Morgan fingerprint density at radius 1 is 1.28 bits per heavy atom. The number of rotatable bonds is 7. The number of hydrogen-bond acceptors (Lipinski definition) is 3. The molecular formula is C14H24N2OS. The molecule has 1 rings (SSSR count). The van der Waals surface area contributed by atoms with Crippen molar-refractivity contribution in [3.05, 3.63) is 16.0 Å². The summed E-state index contributed by atoms with van der Waals surface area (Å²) >= 11 is 1.57. The van der Waals surface area contributed by atoms with E-state index in [1.807, 2.05) is 13.8 Å². The molecule has 3 nitrogen and oxygen atoms in total. The fourth-order valence-electron chi connectivity index (χ4n) is 2.07. The van der Waals surface area contributed by atoms with Gasteiger partial charge in [-0.25, -0.2) is 0 Å². The van der Waals surface area contributed by atoms with Gasteiger partial charge in [0, 0.05) is 11.4 Å². The zero-order chi connectivity index (χ0) is 13.5. The first-order chi connectivity index (χ1) is 8.61. The SMILES string of the molecule is CCCCCCc1sc(N)c(C(=O)NCC)c1C. The largest absolute Gasteiger partial charge is 0.390 e. The van der Waals surface area contributed by atoms with Crippen LogP contribution in [0.15, 0.2) is 0 Å². The van der Waals surface area contributed by atoms with Gasteiger partial charge in [0.2, 0.25) is 0 Å². The van der Waals surface area contributed by atoms with Gasteiger partial charge >= 0.3 is 0 Å². The summed E-state index contributed by atoms with van der Waals surface area (Å²) in [6.45, 7) is 6.77. The van der Waals surface area contributed by atoms with Gasteiger partial charge < -0.3 is 11.1 Å². The van der Waals surface area contributed by atoms with Gasteiger partial charge in [-0.2, -0.15) is 0 Å². The Balaban J connectivity index is 2.71. The van der Waals surface area contributed by atoms with E-state index < -0.39 is 0 Å². The van der Waals surface area contributed by atoms with Crippen molar-refractivity contribution < 1.29 is 4.79 Å². The van der Waals surface area contributed by atoms with Crippen LogP contribution in [0.25, 0.3) is 0 Å². The quantitative estimate of drug-likeness (QED) is 0.743. The van der Waals surface area contributed by atoms with E-state index in [-0.39, 0.29) is 5.91 Å². The van der Waals surface area contributed by atoms with E-state index in [1.54, 1.807) is 11.3 Å². The maximum atomic E-state index is 11.9. The maximum Gasteiger partial charge on any atom is 0.254 e. The topological polar surface area (TPSA) is 55.1 Å². The minimum atomic E-state index is -0.0384. The van der Waals surface area contributed by atoms with Crippen LogP contribution in [0.4, 0.5) is 5.00 Å². The summed E-state index contributed by atoms with van der Waals surface area (Å²) in [6.07, 6.45) is 6.01. The second kappa shape index (κ2) is 7.41. The van der Waals surface area contributed by atoms with Crippen molar-refractivity contribution in [1.29, 1.82) is 0 Å². The molecule has 0 aliphatic carbocycles. The average Bonchev–Trinajstić information content (AvgIpc) is 2.60. The standard InChI is InChI=1S/C14H24N2OS/c1-4-6-7-8-9-11-10(3)12(13(15)18-11)14(17)16-5-2/h4-9,15H2,1-3H3,(H,16,17). The second-order valence-electron chi connectivity index (χ2n) is 4.56. The summed E-state index contributed by atoms with van der Waals surface area (Å²) in [7, 11) is 0. The third-order valence-electron chi connectivity index (χ3n) is 3.09. The number of aryl methyl sites for hydroxylation is 1. The Morgan fingerprint density at radius 2 is 2.00 bits per heavy atom.